The fourth-order valence-electron chi connectivity index (χ4n) is 2.38. The molecule has 25 heavy (non-hydrogen) atoms. The highest BCUT2D eigenvalue weighted by molar-refractivity contribution is 7.90. The lowest BCUT2D eigenvalue weighted by atomic mass is 10.1. The lowest BCUT2D eigenvalue weighted by Gasteiger charge is -2.15. The maximum absolute atomic E-state index is 13.5. The molecule has 7 heteroatoms. The maximum Gasteiger partial charge on any atom is 0.220 e. The minimum absolute atomic E-state index is 0.0200. The van der Waals surface area contributed by atoms with Crippen LogP contribution in [0.15, 0.2) is 47.4 Å². The zero-order valence-corrected chi connectivity index (χ0v) is 14.7. The summed E-state index contributed by atoms with van der Waals surface area (Å²) in [6.07, 6.45) is 1.24. The fraction of sp³-hybridized carbons (Fsp3) is 0.278. The van der Waals surface area contributed by atoms with Crippen molar-refractivity contribution in [3.05, 3.63) is 65.2 Å². The molecule has 2 aromatic carbocycles. The van der Waals surface area contributed by atoms with Crippen molar-refractivity contribution >= 4 is 15.7 Å². The first-order chi connectivity index (χ1) is 11.7. The number of aryl methyl sites for hydroxylation is 1. The Morgan fingerprint density at radius 3 is 2.36 bits per heavy atom. The molecule has 0 aliphatic rings. The first-order valence-electron chi connectivity index (χ1n) is 7.70. The molecule has 4 nitrogen and oxygen atoms in total. The van der Waals surface area contributed by atoms with E-state index in [-0.39, 0.29) is 35.2 Å². The van der Waals surface area contributed by atoms with E-state index in [2.05, 4.69) is 5.32 Å². The van der Waals surface area contributed by atoms with Gasteiger partial charge in [-0.3, -0.25) is 4.79 Å². The molecular weight excluding hydrogens is 348 g/mol. The molecule has 2 aromatic rings. The molecule has 1 amide bonds. The van der Waals surface area contributed by atoms with Gasteiger partial charge in [0.25, 0.3) is 0 Å². The predicted molar refractivity (Wildman–Crippen MR) is 90.8 cm³/mol. The number of halogens is 2. The van der Waals surface area contributed by atoms with Crippen molar-refractivity contribution in [1.82, 2.24) is 5.32 Å². The number of sulfone groups is 1. The molecule has 0 aliphatic carbocycles. The Morgan fingerprint density at radius 2 is 1.76 bits per heavy atom. The average molecular weight is 367 g/mol. The van der Waals surface area contributed by atoms with Gasteiger partial charge in [0.2, 0.25) is 5.91 Å². The highest BCUT2D eigenvalue weighted by Gasteiger charge is 2.13. The minimum Gasteiger partial charge on any atom is -0.350 e. The van der Waals surface area contributed by atoms with Crippen molar-refractivity contribution in [3.8, 4) is 0 Å². The molecule has 0 heterocycles. The summed E-state index contributed by atoms with van der Waals surface area (Å²) < 4.78 is 49.5. The minimum atomic E-state index is -3.27. The molecule has 0 spiro atoms. The van der Waals surface area contributed by atoms with E-state index in [1.165, 1.54) is 12.1 Å². The Balaban J connectivity index is 1.94. The van der Waals surface area contributed by atoms with Gasteiger partial charge < -0.3 is 5.32 Å². The molecule has 0 radical (unpaired) electrons. The van der Waals surface area contributed by atoms with E-state index >= 15 is 0 Å². The van der Waals surface area contributed by atoms with Crippen LogP contribution in [-0.2, 0) is 21.1 Å². The summed E-state index contributed by atoms with van der Waals surface area (Å²) in [6.45, 7) is 1.76. The smallest absolute Gasteiger partial charge is 0.220 e. The van der Waals surface area contributed by atoms with Gasteiger partial charge in [-0.1, -0.05) is 12.1 Å². The Morgan fingerprint density at radius 1 is 1.12 bits per heavy atom. The van der Waals surface area contributed by atoms with E-state index in [0.29, 0.717) is 0 Å². The topological polar surface area (TPSA) is 63.2 Å². The fourth-order valence-corrected chi connectivity index (χ4v) is 3.01. The predicted octanol–water partition coefficient (Wildman–Crippen LogP) is 3.18. The Labute approximate surface area is 145 Å². The van der Waals surface area contributed by atoms with E-state index in [1.807, 2.05) is 0 Å². The number of hydrogen-bond donors (Lipinski definition) is 1. The molecule has 1 N–H and O–H groups in total. The van der Waals surface area contributed by atoms with Gasteiger partial charge >= 0.3 is 0 Å². The van der Waals surface area contributed by atoms with Crippen molar-refractivity contribution in [1.29, 1.82) is 0 Å². The van der Waals surface area contributed by atoms with Gasteiger partial charge in [0, 0.05) is 12.7 Å². The van der Waals surface area contributed by atoms with E-state index in [0.717, 1.165) is 30.0 Å². The summed E-state index contributed by atoms with van der Waals surface area (Å²) in [5.74, 6) is -1.39. The summed E-state index contributed by atoms with van der Waals surface area (Å²) in [5, 5.41) is 2.75. The quantitative estimate of drug-likeness (QED) is 0.853. The third-order valence-corrected chi connectivity index (χ3v) is 4.94. The Hall–Kier alpha value is -2.28. The van der Waals surface area contributed by atoms with Crippen molar-refractivity contribution in [2.75, 3.05) is 6.26 Å². The maximum atomic E-state index is 13.5. The van der Waals surface area contributed by atoms with E-state index in [9.17, 15) is 22.0 Å². The molecule has 1 atom stereocenters. The van der Waals surface area contributed by atoms with E-state index < -0.39 is 21.5 Å². The highest BCUT2D eigenvalue weighted by atomic mass is 32.2. The first-order valence-corrected chi connectivity index (χ1v) is 9.59. The van der Waals surface area contributed by atoms with Gasteiger partial charge in [-0.15, -0.1) is 0 Å². The first kappa shape index (κ1) is 19.1. The molecule has 134 valence electrons. The number of hydrogen-bond acceptors (Lipinski definition) is 3. The van der Waals surface area contributed by atoms with Crippen LogP contribution in [0.5, 0.6) is 0 Å². The van der Waals surface area contributed by atoms with Crippen LogP contribution < -0.4 is 5.32 Å². The molecule has 1 unspecified atom stereocenters. The highest BCUT2D eigenvalue weighted by Crippen LogP contribution is 2.17. The van der Waals surface area contributed by atoms with Crippen LogP contribution in [0.2, 0.25) is 0 Å². The van der Waals surface area contributed by atoms with Crippen LogP contribution in [0.4, 0.5) is 8.78 Å². The second kappa shape index (κ2) is 7.74. The molecule has 0 aromatic heterocycles. The second-order valence-electron chi connectivity index (χ2n) is 5.87. The number of carbonyl (C=O) groups is 1. The second-order valence-corrected chi connectivity index (χ2v) is 7.88. The summed E-state index contributed by atoms with van der Waals surface area (Å²) in [4.78, 5) is 12.2. The number of benzene rings is 2. The molecule has 0 aliphatic heterocycles. The molecule has 2 rings (SSSR count). The van der Waals surface area contributed by atoms with Crippen LogP contribution in [-0.4, -0.2) is 20.6 Å². The summed E-state index contributed by atoms with van der Waals surface area (Å²) in [6, 6.07) is 9.04. The zero-order valence-electron chi connectivity index (χ0n) is 13.9. The van der Waals surface area contributed by atoms with Crippen molar-refractivity contribution in [3.63, 3.8) is 0 Å². The molecule has 0 fully saturated rings. The van der Waals surface area contributed by atoms with Crippen molar-refractivity contribution in [2.45, 2.75) is 30.7 Å². The molecule has 0 saturated heterocycles. The van der Waals surface area contributed by atoms with Crippen LogP contribution >= 0.6 is 0 Å². The number of rotatable bonds is 6. The summed E-state index contributed by atoms with van der Waals surface area (Å²) in [5.41, 5.74) is 0.901. The SMILES string of the molecule is CC(NC(=O)CCc1cc(F)ccc1F)c1ccc(S(C)(=O)=O)cc1. The summed E-state index contributed by atoms with van der Waals surface area (Å²) in [7, 11) is -3.27. The van der Waals surface area contributed by atoms with Gasteiger partial charge in [0.1, 0.15) is 11.6 Å². The molecular formula is C18H19F2NO3S. The lowest BCUT2D eigenvalue weighted by molar-refractivity contribution is -0.121. The van der Waals surface area contributed by atoms with Gasteiger partial charge in [-0.05, 0) is 54.8 Å². The van der Waals surface area contributed by atoms with Crippen LogP contribution in [0.3, 0.4) is 0 Å². The molecule has 0 bridgehead atoms. The summed E-state index contributed by atoms with van der Waals surface area (Å²) >= 11 is 0. The van der Waals surface area contributed by atoms with Gasteiger partial charge in [0.15, 0.2) is 9.84 Å². The third-order valence-electron chi connectivity index (χ3n) is 3.81. The lowest BCUT2D eigenvalue weighted by Crippen LogP contribution is -2.26. The number of carbonyl (C=O) groups excluding carboxylic acids is 1. The molecule has 0 saturated carbocycles. The third kappa shape index (κ3) is 5.35. The zero-order chi connectivity index (χ0) is 18.6. The Bertz CT molecular complexity index is 864. The Kier molecular flexibility index (Phi) is 5.89. The number of amides is 1. The monoisotopic (exact) mass is 367 g/mol. The van der Waals surface area contributed by atoms with Gasteiger partial charge in [-0.2, -0.15) is 0 Å². The van der Waals surface area contributed by atoms with Crippen LogP contribution in [0, 0.1) is 11.6 Å². The standard InChI is InChI=1S/C18H19F2NO3S/c1-12(13-3-7-16(8-4-13)25(2,23)24)21-18(22)10-5-14-11-15(19)6-9-17(14)20/h3-4,6-9,11-12H,5,10H2,1-2H3,(H,21,22). The van der Waals surface area contributed by atoms with E-state index in [1.54, 1.807) is 19.1 Å². The van der Waals surface area contributed by atoms with Crippen molar-refractivity contribution in [2.24, 2.45) is 0 Å². The van der Waals surface area contributed by atoms with Crippen LogP contribution in [0.25, 0.3) is 0 Å². The van der Waals surface area contributed by atoms with Gasteiger partial charge in [0.05, 0.1) is 10.9 Å². The largest absolute Gasteiger partial charge is 0.350 e. The average Bonchev–Trinajstić information content (AvgIpc) is 2.55. The van der Waals surface area contributed by atoms with Gasteiger partial charge in [-0.25, -0.2) is 17.2 Å². The van der Waals surface area contributed by atoms with Crippen LogP contribution in [0.1, 0.15) is 30.5 Å². The normalized spacial score (nSPS) is 12.6. The van der Waals surface area contributed by atoms with E-state index in [4.69, 9.17) is 0 Å². The van der Waals surface area contributed by atoms with Crippen molar-refractivity contribution < 1.29 is 22.0 Å². The number of nitrogens with one attached hydrogen (secondary N) is 1.